The lowest BCUT2D eigenvalue weighted by molar-refractivity contribution is 0.269. The standard InChI is InChI=1S/C12H19N3/c1-3-12(8-5-9-12)15-11-7-4-6-10(13-2)14-11/h4,6-7H,3,5,8-9H2,1-2H3,(H2,13,14,15). The average Bonchev–Trinajstić information content (AvgIpc) is 2.24. The van der Waals surface area contributed by atoms with E-state index in [0.717, 1.165) is 11.6 Å². The van der Waals surface area contributed by atoms with Crippen LogP contribution in [-0.2, 0) is 0 Å². The van der Waals surface area contributed by atoms with Gasteiger partial charge in [0.15, 0.2) is 0 Å². The van der Waals surface area contributed by atoms with Crippen molar-refractivity contribution in [1.29, 1.82) is 0 Å². The number of anilines is 2. The third-order valence-corrected chi connectivity index (χ3v) is 3.39. The van der Waals surface area contributed by atoms with E-state index in [4.69, 9.17) is 0 Å². The van der Waals surface area contributed by atoms with Gasteiger partial charge in [-0.25, -0.2) is 4.98 Å². The molecule has 3 nitrogen and oxygen atoms in total. The minimum absolute atomic E-state index is 0.319. The molecule has 0 aromatic carbocycles. The van der Waals surface area contributed by atoms with Crippen molar-refractivity contribution in [3.8, 4) is 0 Å². The van der Waals surface area contributed by atoms with Crippen molar-refractivity contribution in [2.75, 3.05) is 17.7 Å². The van der Waals surface area contributed by atoms with Crippen LogP contribution in [0.3, 0.4) is 0 Å². The molecule has 0 atom stereocenters. The predicted molar refractivity (Wildman–Crippen MR) is 64.3 cm³/mol. The lowest BCUT2D eigenvalue weighted by Crippen LogP contribution is -2.44. The Kier molecular flexibility index (Phi) is 2.80. The number of nitrogens with one attached hydrogen (secondary N) is 2. The van der Waals surface area contributed by atoms with Gasteiger partial charge in [0.2, 0.25) is 0 Å². The molecule has 1 aliphatic rings. The van der Waals surface area contributed by atoms with Crippen LogP contribution >= 0.6 is 0 Å². The third-order valence-electron chi connectivity index (χ3n) is 3.39. The Morgan fingerprint density at radius 1 is 1.33 bits per heavy atom. The minimum Gasteiger partial charge on any atom is -0.373 e. The van der Waals surface area contributed by atoms with Gasteiger partial charge in [0, 0.05) is 12.6 Å². The molecule has 1 saturated carbocycles. The lowest BCUT2D eigenvalue weighted by atomic mass is 9.75. The van der Waals surface area contributed by atoms with E-state index in [-0.39, 0.29) is 0 Å². The van der Waals surface area contributed by atoms with E-state index in [9.17, 15) is 0 Å². The summed E-state index contributed by atoms with van der Waals surface area (Å²) in [6.45, 7) is 2.24. The molecule has 2 rings (SSSR count). The summed E-state index contributed by atoms with van der Waals surface area (Å²) in [5, 5.41) is 6.62. The van der Waals surface area contributed by atoms with Crippen molar-refractivity contribution in [3.63, 3.8) is 0 Å². The predicted octanol–water partition coefficient (Wildman–Crippen LogP) is 2.87. The molecule has 15 heavy (non-hydrogen) atoms. The van der Waals surface area contributed by atoms with E-state index in [0.29, 0.717) is 5.54 Å². The molecule has 3 heteroatoms. The zero-order valence-electron chi connectivity index (χ0n) is 9.51. The maximum atomic E-state index is 4.48. The number of aromatic nitrogens is 1. The maximum absolute atomic E-state index is 4.48. The third kappa shape index (κ3) is 2.06. The average molecular weight is 205 g/mol. The molecule has 1 fully saturated rings. The second-order valence-corrected chi connectivity index (χ2v) is 4.27. The summed E-state index contributed by atoms with van der Waals surface area (Å²) in [6.07, 6.45) is 5.06. The molecular formula is C12H19N3. The van der Waals surface area contributed by atoms with Crippen molar-refractivity contribution < 1.29 is 0 Å². The van der Waals surface area contributed by atoms with E-state index in [1.165, 1.54) is 25.7 Å². The fraction of sp³-hybridized carbons (Fsp3) is 0.583. The van der Waals surface area contributed by atoms with Gasteiger partial charge >= 0.3 is 0 Å². The Morgan fingerprint density at radius 3 is 2.60 bits per heavy atom. The zero-order chi connectivity index (χ0) is 10.7. The van der Waals surface area contributed by atoms with Crippen LogP contribution in [0.4, 0.5) is 11.6 Å². The monoisotopic (exact) mass is 205 g/mol. The van der Waals surface area contributed by atoms with Gasteiger partial charge in [-0.3, -0.25) is 0 Å². The highest BCUT2D eigenvalue weighted by Gasteiger charge is 2.35. The molecule has 82 valence electrons. The van der Waals surface area contributed by atoms with Crippen molar-refractivity contribution in [2.24, 2.45) is 0 Å². The molecule has 0 spiro atoms. The summed E-state index contributed by atoms with van der Waals surface area (Å²) in [5.74, 6) is 1.91. The Morgan fingerprint density at radius 2 is 2.07 bits per heavy atom. The Labute approximate surface area is 91.3 Å². The molecule has 1 heterocycles. The van der Waals surface area contributed by atoms with Gasteiger partial charge in [-0.1, -0.05) is 13.0 Å². The van der Waals surface area contributed by atoms with E-state index in [2.05, 4.69) is 22.5 Å². The van der Waals surface area contributed by atoms with Crippen LogP contribution in [0.2, 0.25) is 0 Å². The van der Waals surface area contributed by atoms with E-state index in [1.807, 2.05) is 25.2 Å². The first kappa shape index (κ1) is 10.3. The molecule has 1 aliphatic carbocycles. The first-order valence-corrected chi connectivity index (χ1v) is 5.71. The number of hydrogen-bond donors (Lipinski definition) is 2. The molecule has 0 saturated heterocycles. The fourth-order valence-electron chi connectivity index (χ4n) is 2.09. The van der Waals surface area contributed by atoms with Gasteiger partial charge < -0.3 is 10.6 Å². The minimum atomic E-state index is 0.319. The Hall–Kier alpha value is -1.25. The van der Waals surface area contributed by atoms with Crippen LogP contribution in [0.5, 0.6) is 0 Å². The highest BCUT2D eigenvalue weighted by atomic mass is 15.1. The molecule has 1 aromatic rings. The first-order chi connectivity index (χ1) is 7.28. The summed E-state index contributed by atoms with van der Waals surface area (Å²) < 4.78 is 0. The molecule has 2 N–H and O–H groups in total. The Balaban J connectivity index is 2.09. The van der Waals surface area contributed by atoms with E-state index < -0.39 is 0 Å². The normalized spacial score (nSPS) is 18.0. The zero-order valence-corrected chi connectivity index (χ0v) is 9.51. The van der Waals surface area contributed by atoms with Crippen molar-refractivity contribution >= 4 is 11.6 Å². The second kappa shape index (κ2) is 4.09. The number of hydrogen-bond acceptors (Lipinski definition) is 3. The molecule has 0 radical (unpaired) electrons. The van der Waals surface area contributed by atoms with Crippen LogP contribution < -0.4 is 10.6 Å². The maximum Gasteiger partial charge on any atom is 0.128 e. The highest BCUT2D eigenvalue weighted by molar-refractivity contribution is 5.46. The Bertz CT molecular complexity index is 326. The molecule has 0 aliphatic heterocycles. The van der Waals surface area contributed by atoms with Crippen LogP contribution in [-0.4, -0.2) is 17.6 Å². The van der Waals surface area contributed by atoms with E-state index in [1.54, 1.807) is 0 Å². The van der Waals surface area contributed by atoms with E-state index >= 15 is 0 Å². The van der Waals surface area contributed by atoms with Gasteiger partial charge in [0.05, 0.1) is 0 Å². The van der Waals surface area contributed by atoms with Gasteiger partial charge in [0.25, 0.3) is 0 Å². The van der Waals surface area contributed by atoms with Gasteiger partial charge in [-0.2, -0.15) is 0 Å². The van der Waals surface area contributed by atoms with Gasteiger partial charge in [-0.15, -0.1) is 0 Å². The molecule has 0 amide bonds. The molecular weight excluding hydrogens is 186 g/mol. The second-order valence-electron chi connectivity index (χ2n) is 4.27. The molecule has 0 unspecified atom stereocenters. The SMILES string of the molecule is CCC1(Nc2cccc(NC)n2)CCC1. The lowest BCUT2D eigenvalue weighted by Gasteiger charge is -2.42. The van der Waals surface area contributed by atoms with Crippen LogP contribution in [0.25, 0.3) is 0 Å². The van der Waals surface area contributed by atoms with Crippen molar-refractivity contribution in [1.82, 2.24) is 4.98 Å². The van der Waals surface area contributed by atoms with Crippen molar-refractivity contribution in [3.05, 3.63) is 18.2 Å². The number of rotatable bonds is 4. The van der Waals surface area contributed by atoms with Gasteiger partial charge in [0.1, 0.15) is 11.6 Å². The molecule has 0 bridgehead atoms. The quantitative estimate of drug-likeness (QED) is 0.793. The summed E-state index contributed by atoms with van der Waals surface area (Å²) in [4.78, 5) is 4.48. The van der Waals surface area contributed by atoms with Gasteiger partial charge in [-0.05, 0) is 37.8 Å². The number of pyridine rings is 1. The highest BCUT2D eigenvalue weighted by Crippen LogP contribution is 2.37. The first-order valence-electron chi connectivity index (χ1n) is 5.71. The summed E-state index contributed by atoms with van der Waals surface area (Å²) in [7, 11) is 1.89. The largest absolute Gasteiger partial charge is 0.373 e. The smallest absolute Gasteiger partial charge is 0.128 e. The summed E-state index contributed by atoms with van der Waals surface area (Å²) in [6, 6.07) is 6.05. The fourth-order valence-corrected chi connectivity index (χ4v) is 2.09. The number of nitrogens with zero attached hydrogens (tertiary/aromatic N) is 1. The van der Waals surface area contributed by atoms with Crippen LogP contribution in [0.15, 0.2) is 18.2 Å². The van der Waals surface area contributed by atoms with Crippen LogP contribution in [0, 0.1) is 0 Å². The summed E-state index contributed by atoms with van der Waals surface area (Å²) in [5.41, 5.74) is 0.319. The van der Waals surface area contributed by atoms with Crippen molar-refractivity contribution in [2.45, 2.75) is 38.1 Å². The topological polar surface area (TPSA) is 37.0 Å². The van der Waals surface area contributed by atoms with Crippen LogP contribution in [0.1, 0.15) is 32.6 Å². The molecule has 1 aromatic heterocycles. The summed E-state index contributed by atoms with van der Waals surface area (Å²) >= 11 is 0.